The maximum absolute atomic E-state index is 11.8. The Balaban J connectivity index is 4.10. The van der Waals surface area contributed by atoms with Gasteiger partial charge in [-0.3, -0.25) is 0 Å². The number of hydrogen-bond donors (Lipinski definition) is 0. The van der Waals surface area contributed by atoms with E-state index >= 15 is 0 Å². The molecule has 2 nitrogen and oxygen atoms in total. The fourth-order valence-electron chi connectivity index (χ4n) is 0.200. The zero-order chi connectivity index (χ0) is 9.12. The van der Waals surface area contributed by atoms with E-state index in [0.717, 1.165) is 0 Å². The van der Waals surface area contributed by atoms with Gasteiger partial charge in [-0.2, -0.15) is 22.0 Å². The predicted molar refractivity (Wildman–Crippen MR) is 25.4 cm³/mol. The van der Waals surface area contributed by atoms with Crippen molar-refractivity contribution in [3.63, 3.8) is 0 Å². The molecule has 0 saturated carbocycles. The van der Waals surface area contributed by atoms with Crippen molar-refractivity contribution in [3.05, 3.63) is 0 Å². The zero-order valence-corrected chi connectivity index (χ0v) is 5.03. The van der Waals surface area contributed by atoms with Crippen LogP contribution < -0.4 is 0 Å². The largest absolute Gasteiger partial charge is 0.457 e. The van der Waals surface area contributed by atoms with Crippen molar-refractivity contribution in [1.29, 1.82) is 0 Å². The molecule has 0 atom stereocenters. The Labute approximate surface area is 58.6 Å². The van der Waals surface area contributed by atoms with E-state index in [1.165, 1.54) is 0 Å². The Morgan fingerprint density at radius 1 is 1.18 bits per heavy atom. The summed E-state index contributed by atoms with van der Waals surface area (Å²) in [4.78, 5) is 3.36. The summed E-state index contributed by atoms with van der Waals surface area (Å²) >= 11 is 0. The van der Waals surface area contributed by atoms with Crippen molar-refractivity contribution < 1.29 is 26.8 Å². The summed E-state index contributed by atoms with van der Waals surface area (Å²) in [6.45, 7) is 2.29. The molecular weight excluding hydrogens is 173 g/mol. The number of nitrogens with zero attached hydrogens (tertiary/aromatic N) is 1. The van der Waals surface area contributed by atoms with E-state index in [1.54, 1.807) is 0 Å². The third-order valence-corrected chi connectivity index (χ3v) is 0.735. The van der Waals surface area contributed by atoms with E-state index in [4.69, 9.17) is 0 Å². The second kappa shape index (κ2) is 3.02. The monoisotopic (exact) mass is 176 g/mol. The molecule has 0 rings (SSSR count). The van der Waals surface area contributed by atoms with Crippen molar-refractivity contribution in [2.75, 3.05) is 6.61 Å². The molecule has 0 aliphatic carbocycles. The second-order valence-corrected chi connectivity index (χ2v) is 1.58. The molecule has 0 heterocycles. The third kappa shape index (κ3) is 2.69. The summed E-state index contributed by atoms with van der Waals surface area (Å²) in [6.07, 6.45) is -5.63. The van der Waals surface area contributed by atoms with E-state index in [9.17, 15) is 22.0 Å². The molecule has 0 aromatic carbocycles. The van der Waals surface area contributed by atoms with Gasteiger partial charge in [-0.15, -0.1) is 0 Å². The second-order valence-electron chi connectivity index (χ2n) is 1.58. The van der Waals surface area contributed by atoms with Gasteiger partial charge in [-0.25, -0.2) is 0 Å². The zero-order valence-electron chi connectivity index (χ0n) is 5.03. The number of rotatable bonds is 3. The van der Waals surface area contributed by atoms with Crippen LogP contribution in [0.5, 0.6) is 0 Å². The lowest BCUT2D eigenvalue weighted by molar-refractivity contribution is -0.296. The molecule has 65 valence electrons. The Morgan fingerprint density at radius 2 is 1.64 bits per heavy atom. The molecule has 0 spiro atoms. The van der Waals surface area contributed by atoms with Crippen LogP contribution in [0.4, 0.5) is 22.0 Å². The van der Waals surface area contributed by atoms with Crippen molar-refractivity contribution >= 4 is 6.72 Å². The van der Waals surface area contributed by atoms with Crippen LogP contribution in [0.2, 0.25) is 0 Å². The summed E-state index contributed by atoms with van der Waals surface area (Å²) in [5.41, 5.74) is 0. The first-order valence-electron chi connectivity index (χ1n) is 2.28. The Bertz CT molecular complexity index is 142. The fraction of sp³-hybridized carbons (Fsp3) is 0.750. The standard InChI is InChI=1S/C4H3F5NO/c1-10-11-2-3(5,6)4(7,8)9/h1H,2H2. The van der Waals surface area contributed by atoms with E-state index in [2.05, 4.69) is 16.7 Å². The topological polar surface area (TPSA) is 21.6 Å². The van der Waals surface area contributed by atoms with Crippen LogP contribution in [0.1, 0.15) is 0 Å². The normalized spacial score (nSPS) is 12.8. The van der Waals surface area contributed by atoms with Crippen molar-refractivity contribution in [2.24, 2.45) is 5.16 Å². The van der Waals surface area contributed by atoms with Gasteiger partial charge in [0.2, 0.25) is 0 Å². The molecule has 7 heteroatoms. The first kappa shape index (κ1) is 10.1. The first-order valence-corrected chi connectivity index (χ1v) is 2.28. The highest BCUT2D eigenvalue weighted by Crippen LogP contribution is 2.35. The third-order valence-electron chi connectivity index (χ3n) is 0.735. The summed E-state index contributed by atoms with van der Waals surface area (Å²) in [6, 6.07) is 0. The molecule has 0 saturated heterocycles. The summed E-state index contributed by atoms with van der Waals surface area (Å²) in [7, 11) is 0. The highest BCUT2D eigenvalue weighted by molar-refractivity contribution is 5.21. The van der Waals surface area contributed by atoms with Crippen LogP contribution >= 0.6 is 0 Å². The van der Waals surface area contributed by atoms with Crippen LogP contribution in [0.15, 0.2) is 5.16 Å². The van der Waals surface area contributed by atoms with Crippen LogP contribution in [0.25, 0.3) is 0 Å². The van der Waals surface area contributed by atoms with Gasteiger partial charge in [0.1, 0.15) is 0 Å². The highest BCUT2D eigenvalue weighted by atomic mass is 19.4. The molecule has 0 N–H and O–H groups in total. The lowest BCUT2D eigenvalue weighted by atomic mass is 10.3. The van der Waals surface area contributed by atoms with Gasteiger partial charge in [0, 0.05) is 0 Å². The number of alkyl halides is 5. The van der Waals surface area contributed by atoms with Crippen LogP contribution in [-0.2, 0) is 4.84 Å². The number of halogens is 5. The van der Waals surface area contributed by atoms with E-state index < -0.39 is 18.7 Å². The summed E-state index contributed by atoms with van der Waals surface area (Å²) in [5, 5.41) is 2.15. The molecule has 0 unspecified atom stereocenters. The van der Waals surface area contributed by atoms with Crippen LogP contribution in [0, 0.1) is 0 Å². The quantitative estimate of drug-likeness (QED) is 0.364. The molecule has 0 aromatic rings. The van der Waals surface area contributed by atoms with Gasteiger partial charge >= 0.3 is 12.1 Å². The number of hydrogen-bond acceptors (Lipinski definition) is 2. The molecule has 0 aromatic heterocycles. The SMILES string of the molecule is [CH]=NOCC(F)(F)C(F)(F)F. The fourth-order valence-corrected chi connectivity index (χ4v) is 0.200. The molecule has 0 bridgehead atoms. The van der Waals surface area contributed by atoms with Gasteiger partial charge < -0.3 is 4.84 Å². The van der Waals surface area contributed by atoms with Gasteiger partial charge in [0.05, 0.1) is 6.72 Å². The maximum Gasteiger partial charge on any atom is 0.457 e. The smallest absolute Gasteiger partial charge is 0.389 e. The van der Waals surface area contributed by atoms with E-state index in [-0.39, 0.29) is 0 Å². The predicted octanol–water partition coefficient (Wildman–Crippen LogP) is 1.69. The van der Waals surface area contributed by atoms with Gasteiger partial charge in [0.15, 0.2) is 6.61 Å². The summed E-state index contributed by atoms with van der Waals surface area (Å²) < 4.78 is 57.2. The van der Waals surface area contributed by atoms with Gasteiger partial charge in [-0.1, -0.05) is 5.16 Å². The van der Waals surface area contributed by atoms with E-state index in [0.29, 0.717) is 0 Å². The van der Waals surface area contributed by atoms with Crippen molar-refractivity contribution in [1.82, 2.24) is 0 Å². The lowest BCUT2D eigenvalue weighted by Crippen LogP contribution is -2.40. The van der Waals surface area contributed by atoms with E-state index in [1.807, 2.05) is 0 Å². The minimum atomic E-state index is -5.63. The Hall–Kier alpha value is -0.880. The lowest BCUT2D eigenvalue weighted by Gasteiger charge is -2.17. The summed E-state index contributed by atoms with van der Waals surface area (Å²) in [5.74, 6) is -4.91. The maximum atomic E-state index is 11.8. The van der Waals surface area contributed by atoms with Crippen LogP contribution in [0.3, 0.4) is 0 Å². The average molecular weight is 176 g/mol. The Kier molecular flexibility index (Phi) is 2.77. The van der Waals surface area contributed by atoms with Crippen molar-refractivity contribution in [2.45, 2.75) is 12.1 Å². The van der Waals surface area contributed by atoms with Gasteiger partial charge in [-0.05, 0) is 0 Å². The van der Waals surface area contributed by atoms with Crippen molar-refractivity contribution in [3.8, 4) is 0 Å². The van der Waals surface area contributed by atoms with Crippen LogP contribution in [-0.4, -0.2) is 25.4 Å². The Morgan fingerprint density at radius 3 is 1.91 bits per heavy atom. The molecule has 1 radical (unpaired) electrons. The minimum Gasteiger partial charge on any atom is -0.389 e. The molecular formula is C4H3F5NO. The molecule has 0 fully saturated rings. The first-order chi connectivity index (χ1) is 4.81. The molecule has 0 aliphatic heterocycles. The molecule has 0 amide bonds. The minimum absolute atomic E-state index is 1.90. The average Bonchev–Trinajstić information content (AvgIpc) is 1.81. The molecule has 11 heavy (non-hydrogen) atoms. The highest BCUT2D eigenvalue weighted by Gasteiger charge is 2.58. The molecule has 0 aliphatic rings. The van der Waals surface area contributed by atoms with Gasteiger partial charge in [0.25, 0.3) is 0 Å².